The van der Waals surface area contributed by atoms with Gasteiger partial charge in [0.15, 0.2) is 17.5 Å². The molecule has 0 amide bonds. The average molecular weight is 508 g/mol. The van der Waals surface area contributed by atoms with Crippen LogP contribution < -0.4 is 22.3 Å². The summed E-state index contributed by atoms with van der Waals surface area (Å²) in [5.41, 5.74) is -2.62. The Labute approximate surface area is 198 Å². The van der Waals surface area contributed by atoms with Crippen LogP contribution in [-0.2, 0) is 13.1 Å². The Morgan fingerprint density at radius 2 is 1.66 bits per heavy atom. The van der Waals surface area contributed by atoms with E-state index in [4.69, 9.17) is 11.6 Å². The fourth-order valence-corrected chi connectivity index (χ4v) is 3.46. The fraction of sp³-hybridized carbons (Fsp3) is 0.0909. The maximum absolute atomic E-state index is 13.8. The molecular formula is C22H14ClF4N5O3. The van der Waals surface area contributed by atoms with Crippen molar-refractivity contribution in [2.75, 3.05) is 5.32 Å². The predicted molar refractivity (Wildman–Crippen MR) is 119 cm³/mol. The molecular weight excluding hydrogens is 494 g/mol. The molecule has 0 radical (unpaired) electrons. The Morgan fingerprint density at radius 1 is 0.943 bits per heavy atom. The molecule has 0 saturated heterocycles. The highest BCUT2D eigenvalue weighted by atomic mass is 35.5. The summed E-state index contributed by atoms with van der Waals surface area (Å²) in [5.74, 6) is -5.70. The van der Waals surface area contributed by atoms with E-state index in [9.17, 15) is 31.9 Å². The van der Waals surface area contributed by atoms with Crippen LogP contribution in [0.2, 0.25) is 5.02 Å². The number of hydrogen-bond acceptors (Lipinski definition) is 5. The molecule has 8 nitrogen and oxygen atoms in total. The Morgan fingerprint density at radius 3 is 2.31 bits per heavy atom. The zero-order valence-corrected chi connectivity index (χ0v) is 18.2. The second-order valence-corrected chi connectivity index (χ2v) is 7.73. The summed E-state index contributed by atoms with van der Waals surface area (Å²) in [6.45, 7) is -1.00. The predicted octanol–water partition coefficient (Wildman–Crippen LogP) is 3.14. The molecule has 35 heavy (non-hydrogen) atoms. The number of benzene rings is 2. The summed E-state index contributed by atoms with van der Waals surface area (Å²) in [6.07, 6.45) is 1.36. The largest absolute Gasteiger partial charge is 0.355 e. The molecule has 4 rings (SSSR count). The van der Waals surface area contributed by atoms with E-state index in [2.05, 4.69) is 15.3 Å². The van der Waals surface area contributed by atoms with Crippen molar-refractivity contribution in [2.24, 2.45) is 0 Å². The van der Waals surface area contributed by atoms with Crippen LogP contribution in [0.1, 0.15) is 11.1 Å². The molecule has 0 spiro atoms. The molecule has 4 aromatic rings. The minimum absolute atomic E-state index is 0.0706. The van der Waals surface area contributed by atoms with Crippen LogP contribution in [0.25, 0.3) is 0 Å². The number of anilines is 2. The number of aromatic nitrogens is 4. The summed E-state index contributed by atoms with van der Waals surface area (Å²) in [4.78, 5) is 44.2. The minimum atomic E-state index is -1.69. The molecule has 0 fully saturated rings. The van der Waals surface area contributed by atoms with E-state index in [1.54, 1.807) is 0 Å². The zero-order chi connectivity index (χ0) is 25.3. The Bertz CT molecular complexity index is 1590. The molecule has 2 heterocycles. The molecule has 0 aliphatic carbocycles. The van der Waals surface area contributed by atoms with Gasteiger partial charge in [0.1, 0.15) is 5.82 Å². The van der Waals surface area contributed by atoms with Gasteiger partial charge in [-0.05, 0) is 42.0 Å². The summed E-state index contributed by atoms with van der Waals surface area (Å²) in [6, 6.07) is 7.49. The van der Waals surface area contributed by atoms with Crippen LogP contribution in [0.15, 0.2) is 63.0 Å². The van der Waals surface area contributed by atoms with Crippen molar-refractivity contribution in [1.29, 1.82) is 0 Å². The topological polar surface area (TPSA) is 102 Å². The molecule has 2 N–H and O–H groups in total. The van der Waals surface area contributed by atoms with E-state index in [0.717, 1.165) is 16.7 Å². The lowest BCUT2D eigenvalue weighted by Gasteiger charge is -2.16. The number of halogens is 5. The smallest absolute Gasteiger partial charge is 0.329 e. The number of aromatic amines is 1. The lowest BCUT2D eigenvalue weighted by atomic mass is 10.2. The van der Waals surface area contributed by atoms with Gasteiger partial charge in [0.25, 0.3) is 5.56 Å². The van der Waals surface area contributed by atoms with E-state index in [1.165, 1.54) is 24.4 Å². The molecule has 0 aliphatic heterocycles. The van der Waals surface area contributed by atoms with Crippen LogP contribution in [-0.4, -0.2) is 19.1 Å². The Balaban J connectivity index is 1.86. The Hall–Kier alpha value is -4.19. The van der Waals surface area contributed by atoms with Gasteiger partial charge >= 0.3 is 11.4 Å². The molecule has 2 aromatic carbocycles. The highest BCUT2D eigenvalue weighted by molar-refractivity contribution is 6.33. The summed E-state index contributed by atoms with van der Waals surface area (Å²) in [7, 11) is 0. The van der Waals surface area contributed by atoms with Crippen molar-refractivity contribution in [3.8, 4) is 0 Å². The van der Waals surface area contributed by atoms with Crippen LogP contribution in [0.4, 0.5) is 29.2 Å². The van der Waals surface area contributed by atoms with Crippen molar-refractivity contribution >= 4 is 23.2 Å². The first-order valence-electron chi connectivity index (χ1n) is 9.88. The van der Waals surface area contributed by atoms with E-state index in [1.807, 2.05) is 0 Å². The fourth-order valence-electron chi connectivity index (χ4n) is 3.25. The van der Waals surface area contributed by atoms with Gasteiger partial charge in [0.2, 0.25) is 5.95 Å². The van der Waals surface area contributed by atoms with Gasteiger partial charge in [-0.3, -0.25) is 9.36 Å². The lowest BCUT2D eigenvalue weighted by Crippen LogP contribution is -2.43. The standard InChI is InChI=1S/C22H14ClF4N5O3/c23-14-8-13(24)3-4-17(14)29-20-30-21(34)32(10-12-2-1-5-28-19(12)33)22(35)31(20)9-11-6-15(25)18(27)16(26)7-11/h1-8H,9-10H2,(H,28,33)(H,29,30,34). The third-order valence-electron chi connectivity index (χ3n) is 4.94. The minimum Gasteiger partial charge on any atom is -0.329 e. The molecule has 2 aromatic heterocycles. The molecule has 180 valence electrons. The molecule has 0 saturated carbocycles. The molecule has 0 unspecified atom stereocenters. The van der Waals surface area contributed by atoms with E-state index < -0.39 is 59.2 Å². The first-order valence-corrected chi connectivity index (χ1v) is 10.3. The van der Waals surface area contributed by atoms with Crippen LogP contribution >= 0.6 is 11.6 Å². The summed E-state index contributed by atoms with van der Waals surface area (Å²) >= 11 is 6.01. The van der Waals surface area contributed by atoms with Crippen LogP contribution in [0.3, 0.4) is 0 Å². The molecule has 0 bridgehead atoms. The van der Waals surface area contributed by atoms with E-state index in [0.29, 0.717) is 16.7 Å². The Kier molecular flexibility index (Phi) is 6.56. The maximum Gasteiger partial charge on any atom is 0.355 e. The number of nitrogens with zero attached hydrogens (tertiary/aromatic N) is 3. The number of hydrogen-bond donors (Lipinski definition) is 2. The van der Waals surface area contributed by atoms with E-state index in [-0.39, 0.29) is 21.8 Å². The van der Waals surface area contributed by atoms with Gasteiger partial charge in [-0.2, -0.15) is 4.98 Å². The van der Waals surface area contributed by atoms with Gasteiger partial charge in [-0.1, -0.05) is 17.7 Å². The second kappa shape index (κ2) is 9.58. The number of H-pyrrole nitrogens is 1. The first kappa shape index (κ1) is 24.0. The van der Waals surface area contributed by atoms with Crippen LogP contribution in [0, 0.1) is 23.3 Å². The average Bonchev–Trinajstić information content (AvgIpc) is 2.80. The van der Waals surface area contributed by atoms with Crippen molar-refractivity contribution in [3.05, 3.63) is 119 Å². The monoisotopic (exact) mass is 507 g/mol. The van der Waals surface area contributed by atoms with Crippen molar-refractivity contribution in [2.45, 2.75) is 13.1 Å². The van der Waals surface area contributed by atoms with Gasteiger partial charge in [-0.25, -0.2) is 31.7 Å². The molecule has 13 heteroatoms. The highest BCUT2D eigenvalue weighted by Gasteiger charge is 2.18. The van der Waals surface area contributed by atoms with Crippen molar-refractivity contribution in [1.82, 2.24) is 19.1 Å². The maximum atomic E-state index is 13.8. The molecule has 0 aliphatic rings. The number of pyridine rings is 1. The summed E-state index contributed by atoms with van der Waals surface area (Å²) < 4.78 is 55.8. The van der Waals surface area contributed by atoms with Gasteiger partial charge in [-0.15, -0.1) is 0 Å². The van der Waals surface area contributed by atoms with Gasteiger partial charge < -0.3 is 10.3 Å². The van der Waals surface area contributed by atoms with Crippen molar-refractivity contribution < 1.29 is 17.6 Å². The van der Waals surface area contributed by atoms with E-state index >= 15 is 0 Å². The SMILES string of the molecule is O=c1[nH]cccc1Cn1c(=O)nc(Nc2ccc(F)cc2Cl)n(Cc2cc(F)c(F)c(F)c2)c1=O. The quantitative estimate of drug-likeness (QED) is 0.308. The normalized spacial score (nSPS) is 11.0. The van der Waals surface area contributed by atoms with Crippen LogP contribution in [0.5, 0.6) is 0 Å². The third kappa shape index (κ3) is 5.01. The zero-order valence-electron chi connectivity index (χ0n) is 17.5. The first-order chi connectivity index (χ1) is 16.6. The highest BCUT2D eigenvalue weighted by Crippen LogP contribution is 2.25. The molecule has 0 atom stereocenters. The van der Waals surface area contributed by atoms with Crippen molar-refractivity contribution in [3.63, 3.8) is 0 Å². The third-order valence-corrected chi connectivity index (χ3v) is 5.25. The number of nitrogens with one attached hydrogen (secondary N) is 2. The summed E-state index contributed by atoms with van der Waals surface area (Å²) in [5, 5.41) is 2.52. The number of rotatable bonds is 6. The van der Waals surface area contributed by atoms with Gasteiger partial charge in [0, 0.05) is 11.8 Å². The van der Waals surface area contributed by atoms with Gasteiger partial charge in [0.05, 0.1) is 23.8 Å². The lowest BCUT2D eigenvalue weighted by molar-refractivity contribution is 0.444. The second-order valence-electron chi connectivity index (χ2n) is 7.32.